The Kier molecular flexibility index (Phi) is 6.39. The number of ether oxygens (including phenoxy) is 1. The monoisotopic (exact) mass is 395 g/mol. The Hall–Kier alpha value is -1.64. The van der Waals surface area contributed by atoms with Crippen LogP contribution in [0, 0.1) is 5.92 Å². The topological polar surface area (TPSA) is 87.7 Å². The molecule has 1 aromatic carbocycles. The molecule has 2 fully saturated rings. The van der Waals surface area contributed by atoms with Crippen LogP contribution in [0.25, 0.3) is 0 Å². The molecule has 1 aliphatic carbocycles. The van der Waals surface area contributed by atoms with Crippen molar-refractivity contribution in [1.82, 2.24) is 14.9 Å². The van der Waals surface area contributed by atoms with Crippen LogP contribution in [0.2, 0.25) is 0 Å². The van der Waals surface area contributed by atoms with Crippen molar-refractivity contribution >= 4 is 15.9 Å². The van der Waals surface area contributed by atoms with Crippen molar-refractivity contribution in [2.45, 2.75) is 43.5 Å². The first-order valence-electron chi connectivity index (χ1n) is 9.63. The molecule has 1 heterocycles. The van der Waals surface area contributed by atoms with E-state index in [2.05, 4.69) is 17.0 Å². The molecule has 7 nitrogen and oxygen atoms in total. The molecule has 1 saturated heterocycles. The van der Waals surface area contributed by atoms with Crippen molar-refractivity contribution in [2.24, 2.45) is 5.92 Å². The Morgan fingerprint density at radius 1 is 1.22 bits per heavy atom. The van der Waals surface area contributed by atoms with Crippen LogP contribution in [0.1, 0.15) is 43.0 Å². The molecule has 0 bridgehead atoms. The second-order valence-electron chi connectivity index (χ2n) is 7.40. The lowest BCUT2D eigenvalue weighted by Gasteiger charge is -2.29. The fourth-order valence-electron chi connectivity index (χ4n) is 3.82. The largest absolute Gasteiger partial charge is 0.495 e. The summed E-state index contributed by atoms with van der Waals surface area (Å²) in [6.45, 7) is 4.80. The predicted octanol–water partition coefficient (Wildman–Crippen LogP) is 1.60. The average molecular weight is 396 g/mol. The van der Waals surface area contributed by atoms with E-state index in [1.807, 2.05) is 0 Å². The third-order valence-electron chi connectivity index (χ3n) is 5.52. The molecule has 0 aromatic heterocycles. The van der Waals surface area contributed by atoms with Crippen LogP contribution in [-0.2, 0) is 10.0 Å². The lowest BCUT2D eigenvalue weighted by Crippen LogP contribution is -2.46. The second-order valence-corrected chi connectivity index (χ2v) is 9.08. The summed E-state index contributed by atoms with van der Waals surface area (Å²) in [4.78, 5) is 14.5. The van der Waals surface area contributed by atoms with Gasteiger partial charge in [0.2, 0.25) is 10.0 Å². The number of sulfonamides is 1. The van der Waals surface area contributed by atoms with Crippen molar-refractivity contribution in [1.29, 1.82) is 0 Å². The maximum Gasteiger partial charge on any atom is 0.253 e. The zero-order chi connectivity index (χ0) is 19.4. The highest BCUT2D eigenvalue weighted by Crippen LogP contribution is 2.29. The third kappa shape index (κ3) is 4.62. The lowest BCUT2D eigenvalue weighted by atomic mass is 9.87. The summed E-state index contributed by atoms with van der Waals surface area (Å²) in [7, 11) is -2.34. The normalized spacial score (nSPS) is 23.9. The molecule has 0 radical (unpaired) electrons. The predicted molar refractivity (Wildman–Crippen MR) is 104 cm³/mol. The Morgan fingerprint density at radius 2 is 1.93 bits per heavy atom. The first-order chi connectivity index (χ1) is 12.9. The van der Waals surface area contributed by atoms with Crippen LogP contribution >= 0.6 is 0 Å². The summed E-state index contributed by atoms with van der Waals surface area (Å²) < 4.78 is 34.2. The average Bonchev–Trinajstić information content (AvgIpc) is 2.69. The first-order valence-corrected chi connectivity index (χ1v) is 11.1. The minimum absolute atomic E-state index is 0.0313. The molecular formula is C19H29N3O4S. The van der Waals surface area contributed by atoms with Gasteiger partial charge in [0.25, 0.3) is 5.91 Å². The van der Waals surface area contributed by atoms with Gasteiger partial charge in [-0.1, -0.05) is 19.8 Å². The van der Waals surface area contributed by atoms with Crippen LogP contribution in [0.3, 0.4) is 0 Å². The molecule has 2 atom stereocenters. The standard InChI is InChI=1S/C19H29N3O4S/c1-14-5-3-4-6-16(14)21-27(24,25)18-13-15(7-8-17(18)26-2)19(23)22-11-9-20-10-12-22/h7-8,13-14,16,20-21H,3-6,9-12H2,1-2H3. The second kappa shape index (κ2) is 8.58. The zero-order valence-electron chi connectivity index (χ0n) is 16.0. The van der Waals surface area contributed by atoms with E-state index in [9.17, 15) is 13.2 Å². The number of methoxy groups -OCH3 is 1. The maximum atomic E-state index is 13.1. The Morgan fingerprint density at radius 3 is 2.59 bits per heavy atom. The van der Waals surface area contributed by atoms with E-state index in [4.69, 9.17) is 4.74 Å². The lowest BCUT2D eigenvalue weighted by molar-refractivity contribution is 0.0735. The van der Waals surface area contributed by atoms with Gasteiger partial charge in [0.1, 0.15) is 10.6 Å². The van der Waals surface area contributed by atoms with Crippen molar-refractivity contribution in [2.75, 3.05) is 33.3 Å². The van der Waals surface area contributed by atoms with Crippen LogP contribution in [0.4, 0.5) is 0 Å². The van der Waals surface area contributed by atoms with Gasteiger partial charge in [0, 0.05) is 37.8 Å². The number of amides is 1. The highest BCUT2D eigenvalue weighted by atomic mass is 32.2. The van der Waals surface area contributed by atoms with Crippen LogP contribution in [-0.4, -0.2) is 58.6 Å². The molecule has 0 spiro atoms. The first kappa shape index (κ1) is 20.1. The smallest absolute Gasteiger partial charge is 0.253 e. The Labute approximate surface area is 161 Å². The maximum absolute atomic E-state index is 13.1. The van der Waals surface area contributed by atoms with Gasteiger partial charge in [-0.25, -0.2) is 13.1 Å². The molecule has 1 amide bonds. The zero-order valence-corrected chi connectivity index (χ0v) is 16.8. The number of rotatable bonds is 5. The molecule has 1 aliphatic heterocycles. The van der Waals surface area contributed by atoms with E-state index in [0.717, 1.165) is 38.8 Å². The Balaban J connectivity index is 1.87. The van der Waals surface area contributed by atoms with Gasteiger partial charge in [-0.15, -0.1) is 0 Å². The summed E-state index contributed by atoms with van der Waals surface area (Å²) >= 11 is 0. The van der Waals surface area contributed by atoms with Gasteiger partial charge in [0.05, 0.1) is 7.11 Å². The molecule has 150 valence electrons. The molecule has 2 unspecified atom stereocenters. The van der Waals surface area contributed by atoms with Gasteiger partial charge >= 0.3 is 0 Å². The van der Waals surface area contributed by atoms with Crippen molar-refractivity contribution in [3.05, 3.63) is 23.8 Å². The molecule has 8 heteroatoms. The van der Waals surface area contributed by atoms with E-state index in [-0.39, 0.29) is 22.6 Å². The summed E-state index contributed by atoms with van der Waals surface area (Å²) in [5.41, 5.74) is 0.370. The molecule has 27 heavy (non-hydrogen) atoms. The molecule has 2 N–H and O–H groups in total. The number of hydrogen-bond acceptors (Lipinski definition) is 5. The van der Waals surface area contributed by atoms with Gasteiger partial charge in [-0.05, 0) is 37.0 Å². The SMILES string of the molecule is COc1ccc(C(=O)N2CCNCC2)cc1S(=O)(=O)NC1CCCCC1C. The number of benzene rings is 1. The number of nitrogens with zero attached hydrogens (tertiary/aromatic N) is 1. The van der Waals surface area contributed by atoms with Gasteiger partial charge < -0.3 is 15.0 Å². The van der Waals surface area contributed by atoms with E-state index in [0.29, 0.717) is 24.6 Å². The van der Waals surface area contributed by atoms with Crippen molar-refractivity contribution in [3.8, 4) is 5.75 Å². The van der Waals surface area contributed by atoms with Gasteiger partial charge in [-0.3, -0.25) is 4.79 Å². The van der Waals surface area contributed by atoms with Gasteiger partial charge in [0.15, 0.2) is 0 Å². The van der Waals surface area contributed by atoms with Crippen molar-refractivity contribution < 1.29 is 17.9 Å². The van der Waals surface area contributed by atoms with Gasteiger partial charge in [-0.2, -0.15) is 0 Å². The number of carbonyl (C=O) groups is 1. The summed E-state index contributed by atoms with van der Waals surface area (Å²) in [6, 6.07) is 4.56. The number of carbonyl (C=O) groups excluding carboxylic acids is 1. The number of piperazine rings is 1. The molecule has 2 aliphatic rings. The fraction of sp³-hybridized carbons (Fsp3) is 0.632. The van der Waals surface area contributed by atoms with E-state index in [1.165, 1.54) is 13.2 Å². The summed E-state index contributed by atoms with van der Waals surface area (Å²) in [6.07, 6.45) is 4.02. The summed E-state index contributed by atoms with van der Waals surface area (Å²) in [5.74, 6) is 0.398. The molecule has 1 saturated carbocycles. The van der Waals surface area contributed by atoms with Crippen molar-refractivity contribution in [3.63, 3.8) is 0 Å². The Bertz CT molecular complexity index is 775. The van der Waals surface area contributed by atoms with Crippen LogP contribution < -0.4 is 14.8 Å². The highest BCUT2D eigenvalue weighted by Gasteiger charge is 2.29. The highest BCUT2D eigenvalue weighted by molar-refractivity contribution is 7.89. The van der Waals surface area contributed by atoms with Crippen LogP contribution in [0.15, 0.2) is 23.1 Å². The molecular weight excluding hydrogens is 366 g/mol. The molecule has 1 aromatic rings. The quantitative estimate of drug-likeness (QED) is 0.791. The fourth-order valence-corrected chi connectivity index (χ4v) is 5.40. The van der Waals surface area contributed by atoms with E-state index >= 15 is 0 Å². The van der Waals surface area contributed by atoms with E-state index in [1.54, 1.807) is 17.0 Å². The van der Waals surface area contributed by atoms with E-state index < -0.39 is 10.0 Å². The molecule has 3 rings (SSSR count). The van der Waals surface area contributed by atoms with Crippen LogP contribution in [0.5, 0.6) is 5.75 Å². The minimum atomic E-state index is -3.78. The minimum Gasteiger partial charge on any atom is -0.495 e. The number of nitrogens with one attached hydrogen (secondary N) is 2. The summed E-state index contributed by atoms with van der Waals surface area (Å²) in [5, 5.41) is 3.20. The third-order valence-corrected chi connectivity index (χ3v) is 7.03. The number of hydrogen-bond donors (Lipinski definition) is 2.